The number of hydrogen-bond acceptors (Lipinski definition) is 4. The lowest BCUT2D eigenvalue weighted by atomic mass is 9.97. The molecule has 0 aromatic carbocycles. The van der Waals surface area contributed by atoms with Gasteiger partial charge in [-0.2, -0.15) is 0 Å². The van der Waals surface area contributed by atoms with Crippen LogP contribution in [0.2, 0.25) is 0 Å². The first-order valence-electron chi connectivity index (χ1n) is 6.77. The van der Waals surface area contributed by atoms with Gasteiger partial charge >= 0.3 is 0 Å². The molecule has 1 aliphatic carbocycles. The predicted molar refractivity (Wildman–Crippen MR) is 70.2 cm³/mol. The van der Waals surface area contributed by atoms with Crippen LogP contribution in [0, 0.1) is 11.8 Å². The van der Waals surface area contributed by atoms with Crippen molar-refractivity contribution in [2.45, 2.75) is 32.3 Å². The second-order valence-electron chi connectivity index (χ2n) is 4.95. The van der Waals surface area contributed by atoms with E-state index in [0.29, 0.717) is 31.6 Å². The van der Waals surface area contributed by atoms with Crippen LogP contribution < -0.4 is 11.1 Å². The third-order valence-electron chi connectivity index (χ3n) is 3.65. The van der Waals surface area contributed by atoms with E-state index < -0.39 is 6.10 Å². The molecular weight excluding hydrogens is 232 g/mol. The van der Waals surface area contributed by atoms with Crippen molar-refractivity contribution in [1.29, 1.82) is 0 Å². The second kappa shape index (κ2) is 8.45. The Labute approximate surface area is 109 Å². The zero-order chi connectivity index (χ0) is 13.4. The summed E-state index contributed by atoms with van der Waals surface area (Å²) in [5.74, 6) is 1.01. The maximum atomic E-state index is 11.7. The van der Waals surface area contributed by atoms with Crippen molar-refractivity contribution in [3.8, 4) is 0 Å². The van der Waals surface area contributed by atoms with E-state index in [-0.39, 0.29) is 5.91 Å². The second-order valence-corrected chi connectivity index (χ2v) is 4.95. The van der Waals surface area contributed by atoms with Gasteiger partial charge in [0.05, 0.1) is 13.2 Å². The third kappa shape index (κ3) is 4.92. The van der Waals surface area contributed by atoms with Crippen molar-refractivity contribution in [2.75, 3.05) is 33.4 Å². The van der Waals surface area contributed by atoms with Gasteiger partial charge in [0.25, 0.3) is 0 Å². The molecular formula is C13H26N2O3. The number of hydrogen-bond donors (Lipinski definition) is 2. The van der Waals surface area contributed by atoms with Crippen LogP contribution in [0.5, 0.6) is 0 Å². The Hall–Kier alpha value is -0.650. The van der Waals surface area contributed by atoms with Gasteiger partial charge in [0.1, 0.15) is 6.10 Å². The van der Waals surface area contributed by atoms with Gasteiger partial charge in [-0.05, 0) is 38.1 Å². The molecule has 0 spiro atoms. The van der Waals surface area contributed by atoms with E-state index >= 15 is 0 Å². The molecule has 3 N–H and O–H groups in total. The van der Waals surface area contributed by atoms with Crippen molar-refractivity contribution in [2.24, 2.45) is 17.6 Å². The number of ether oxygens (including phenoxy) is 2. The van der Waals surface area contributed by atoms with E-state index in [2.05, 4.69) is 5.32 Å². The molecule has 3 atom stereocenters. The molecule has 3 unspecified atom stereocenters. The summed E-state index contributed by atoms with van der Waals surface area (Å²) in [6.07, 6.45) is 3.18. The van der Waals surface area contributed by atoms with Crippen LogP contribution in [-0.2, 0) is 14.3 Å². The fourth-order valence-corrected chi connectivity index (χ4v) is 2.41. The molecule has 1 amide bonds. The number of rotatable bonds is 8. The smallest absolute Gasteiger partial charge is 0.248 e. The summed E-state index contributed by atoms with van der Waals surface area (Å²) in [6.45, 7) is 4.20. The number of nitrogens with two attached hydrogens (primary N) is 1. The van der Waals surface area contributed by atoms with E-state index in [1.807, 2.05) is 0 Å². The fourth-order valence-electron chi connectivity index (χ4n) is 2.41. The molecule has 0 bridgehead atoms. The van der Waals surface area contributed by atoms with Gasteiger partial charge in [0.15, 0.2) is 0 Å². The minimum absolute atomic E-state index is 0.0747. The standard InChI is InChI=1S/C13H26N2O3/c1-10(13(16)15-6-7-17-2)18-9-12-5-3-4-11(12)8-14/h10-12H,3-9,14H2,1-2H3,(H,15,16). The Morgan fingerprint density at radius 2 is 2.17 bits per heavy atom. The minimum atomic E-state index is -0.402. The number of carbonyl (C=O) groups is 1. The van der Waals surface area contributed by atoms with Gasteiger partial charge in [-0.3, -0.25) is 4.79 Å². The fraction of sp³-hybridized carbons (Fsp3) is 0.923. The van der Waals surface area contributed by atoms with E-state index in [0.717, 1.165) is 6.54 Å². The summed E-state index contributed by atoms with van der Waals surface area (Å²) in [7, 11) is 1.61. The Bertz CT molecular complexity index is 248. The van der Waals surface area contributed by atoms with Crippen LogP contribution in [0.4, 0.5) is 0 Å². The van der Waals surface area contributed by atoms with E-state index in [9.17, 15) is 4.79 Å². The summed E-state index contributed by atoms with van der Waals surface area (Å²) in [5.41, 5.74) is 5.72. The molecule has 18 heavy (non-hydrogen) atoms. The SMILES string of the molecule is COCCNC(=O)C(C)OCC1CCCC1CN. The minimum Gasteiger partial charge on any atom is -0.383 e. The molecule has 1 fully saturated rings. The summed E-state index contributed by atoms with van der Waals surface area (Å²) in [5, 5.41) is 2.77. The highest BCUT2D eigenvalue weighted by atomic mass is 16.5. The molecule has 0 saturated heterocycles. The Morgan fingerprint density at radius 3 is 2.83 bits per heavy atom. The Kier molecular flexibility index (Phi) is 7.23. The molecule has 0 radical (unpaired) electrons. The van der Waals surface area contributed by atoms with Gasteiger partial charge < -0.3 is 20.5 Å². The molecule has 0 heterocycles. The van der Waals surface area contributed by atoms with Crippen molar-refractivity contribution in [1.82, 2.24) is 5.32 Å². The molecule has 1 saturated carbocycles. The zero-order valence-corrected chi connectivity index (χ0v) is 11.5. The lowest BCUT2D eigenvalue weighted by Crippen LogP contribution is -2.37. The number of carbonyl (C=O) groups excluding carboxylic acids is 1. The molecule has 5 nitrogen and oxygen atoms in total. The molecule has 0 aliphatic heterocycles. The summed E-state index contributed by atoms with van der Waals surface area (Å²) < 4.78 is 10.5. The van der Waals surface area contributed by atoms with Gasteiger partial charge in [-0.1, -0.05) is 6.42 Å². The monoisotopic (exact) mass is 258 g/mol. The van der Waals surface area contributed by atoms with Gasteiger partial charge in [-0.15, -0.1) is 0 Å². The summed E-state index contributed by atoms with van der Waals surface area (Å²) in [6, 6.07) is 0. The summed E-state index contributed by atoms with van der Waals surface area (Å²) >= 11 is 0. The van der Waals surface area contributed by atoms with Gasteiger partial charge in [0, 0.05) is 13.7 Å². The van der Waals surface area contributed by atoms with Gasteiger partial charge in [-0.25, -0.2) is 0 Å². The molecule has 1 aliphatic rings. The van der Waals surface area contributed by atoms with E-state index in [1.54, 1.807) is 14.0 Å². The third-order valence-corrected chi connectivity index (χ3v) is 3.65. The number of amides is 1. The number of methoxy groups -OCH3 is 1. The predicted octanol–water partition coefficient (Wildman–Crippen LogP) is 0.529. The first-order chi connectivity index (χ1) is 8.69. The quantitative estimate of drug-likeness (QED) is 0.623. The molecule has 0 aromatic rings. The molecule has 106 valence electrons. The van der Waals surface area contributed by atoms with Crippen molar-refractivity contribution in [3.63, 3.8) is 0 Å². The van der Waals surface area contributed by atoms with Crippen LogP contribution in [-0.4, -0.2) is 45.4 Å². The largest absolute Gasteiger partial charge is 0.383 e. The maximum Gasteiger partial charge on any atom is 0.248 e. The highest BCUT2D eigenvalue weighted by Gasteiger charge is 2.27. The normalized spacial score (nSPS) is 25.1. The Morgan fingerprint density at radius 1 is 1.44 bits per heavy atom. The maximum absolute atomic E-state index is 11.7. The highest BCUT2D eigenvalue weighted by molar-refractivity contribution is 5.80. The van der Waals surface area contributed by atoms with Crippen molar-refractivity contribution >= 4 is 5.91 Å². The molecule has 5 heteroatoms. The van der Waals surface area contributed by atoms with Crippen molar-refractivity contribution in [3.05, 3.63) is 0 Å². The topological polar surface area (TPSA) is 73.6 Å². The highest BCUT2D eigenvalue weighted by Crippen LogP contribution is 2.31. The van der Waals surface area contributed by atoms with Crippen LogP contribution in [0.15, 0.2) is 0 Å². The van der Waals surface area contributed by atoms with Gasteiger partial charge in [0.2, 0.25) is 5.91 Å². The average molecular weight is 258 g/mol. The number of nitrogens with one attached hydrogen (secondary N) is 1. The van der Waals surface area contributed by atoms with Crippen LogP contribution in [0.1, 0.15) is 26.2 Å². The van der Waals surface area contributed by atoms with Crippen LogP contribution in [0.3, 0.4) is 0 Å². The zero-order valence-electron chi connectivity index (χ0n) is 11.5. The lowest BCUT2D eigenvalue weighted by molar-refractivity contribution is -0.132. The van der Waals surface area contributed by atoms with E-state index in [4.69, 9.17) is 15.2 Å². The Balaban J connectivity index is 2.19. The average Bonchev–Trinajstić information content (AvgIpc) is 2.83. The van der Waals surface area contributed by atoms with Crippen LogP contribution >= 0.6 is 0 Å². The first-order valence-corrected chi connectivity index (χ1v) is 6.77. The molecule has 0 aromatic heterocycles. The summed E-state index contributed by atoms with van der Waals surface area (Å²) in [4.78, 5) is 11.7. The first kappa shape index (κ1) is 15.4. The van der Waals surface area contributed by atoms with E-state index in [1.165, 1.54) is 19.3 Å². The van der Waals surface area contributed by atoms with Crippen LogP contribution in [0.25, 0.3) is 0 Å². The van der Waals surface area contributed by atoms with Crippen molar-refractivity contribution < 1.29 is 14.3 Å². The molecule has 1 rings (SSSR count). The lowest BCUT2D eigenvalue weighted by Gasteiger charge is -2.20.